The van der Waals surface area contributed by atoms with Gasteiger partial charge in [-0.05, 0) is 39.2 Å². The van der Waals surface area contributed by atoms with Crippen molar-refractivity contribution in [1.29, 1.82) is 5.26 Å². The van der Waals surface area contributed by atoms with Crippen molar-refractivity contribution in [2.24, 2.45) is 5.41 Å². The zero-order valence-electron chi connectivity index (χ0n) is 13.2. The number of carbonyl (C=O) groups is 1. The molecule has 116 valence electrons. The van der Waals surface area contributed by atoms with E-state index in [-0.39, 0.29) is 11.9 Å². The highest BCUT2D eigenvalue weighted by Crippen LogP contribution is 2.39. The van der Waals surface area contributed by atoms with Gasteiger partial charge in [0.15, 0.2) is 0 Å². The lowest BCUT2D eigenvalue weighted by Gasteiger charge is -2.49. The smallest absolute Gasteiger partial charge is 0.243 e. The summed E-state index contributed by atoms with van der Waals surface area (Å²) >= 11 is 0. The number of piperazine rings is 1. The summed E-state index contributed by atoms with van der Waals surface area (Å²) in [4.78, 5) is 17.7. The second-order valence-electron chi connectivity index (χ2n) is 7.21. The highest BCUT2D eigenvalue weighted by Gasteiger charge is 2.46. The molecule has 2 saturated heterocycles. The Morgan fingerprint density at radius 3 is 2.62 bits per heavy atom. The molecule has 0 bridgehead atoms. The summed E-state index contributed by atoms with van der Waals surface area (Å²) in [7, 11) is 0. The summed E-state index contributed by atoms with van der Waals surface area (Å²) in [5.41, 5.74) is -0.719. The summed E-state index contributed by atoms with van der Waals surface area (Å²) in [5.74, 6) is 0.127. The molecule has 4 nitrogen and oxygen atoms in total. The molecular formula is C17H27N3O. The lowest BCUT2D eigenvalue weighted by Crippen LogP contribution is -2.62. The molecule has 2 heterocycles. The number of hydrogen-bond donors (Lipinski definition) is 0. The number of rotatable bonds is 1. The third kappa shape index (κ3) is 2.68. The third-order valence-corrected chi connectivity index (χ3v) is 5.78. The van der Waals surface area contributed by atoms with Crippen LogP contribution in [0.2, 0.25) is 0 Å². The van der Waals surface area contributed by atoms with E-state index in [1.165, 1.54) is 32.2 Å². The standard InChI is InChI=1S/C17H27N3O/c1-14-11-19-10-6-3-7-15(19)12-20(14)16(21)17(13-18)8-4-2-5-9-17/h14-15H,2-12H2,1H3. The van der Waals surface area contributed by atoms with E-state index >= 15 is 0 Å². The molecule has 2 atom stereocenters. The maximum atomic E-state index is 13.1. The van der Waals surface area contributed by atoms with E-state index in [9.17, 15) is 10.1 Å². The summed E-state index contributed by atoms with van der Waals surface area (Å²) in [6.07, 6.45) is 8.52. The van der Waals surface area contributed by atoms with Gasteiger partial charge in [0.2, 0.25) is 5.91 Å². The highest BCUT2D eigenvalue weighted by atomic mass is 16.2. The van der Waals surface area contributed by atoms with Crippen molar-refractivity contribution in [1.82, 2.24) is 9.80 Å². The number of piperidine rings is 1. The fourth-order valence-electron chi connectivity index (χ4n) is 4.44. The Balaban J connectivity index is 1.75. The van der Waals surface area contributed by atoms with Gasteiger partial charge in [-0.1, -0.05) is 25.7 Å². The predicted molar refractivity (Wildman–Crippen MR) is 81.5 cm³/mol. The summed E-state index contributed by atoms with van der Waals surface area (Å²) < 4.78 is 0. The van der Waals surface area contributed by atoms with E-state index in [2.05, 4.69) is 17.9 Å². The zero-order chi connectivity index (χ0) is 14.9. The molecule has 0 aromatic carbocycles. The normalized spacial score (nSPS) is 33.0. The SMILES string of the molecule is CC1CN2CCCCC2CN1C(=O)C1(C#N)CCCCC1. The minimum atomic E-state index is -0.719. The number of nitriles is 1. The van der Waals surface area contributed by atoms with E-state index in [1.54, 1.807) is 0 Å². The molecule has 21 heavy (non-hydrogen) atoms. The van der Waals surface area contributed by atoms with Gasteiger partial charge in [-0.2, -0.15) is 5.26 Å². The number of amides is 1. The van der Waals surface area contributed by atoms with Crippen LogP contribution in [0.15, 0.2) is 0 Å². The lowest BCUT2D eigenvalue weighted by atomic mass is 9.73. The van der Waals surface area contributed by atoms with E-state index in [0.29, 0.717) is 6.04 Å². The van der Waals surface area contributed by atoms with Gasteiger partial charge in [0, 0.05) is 25.2 Å². The topological polar surface area (TPSA) is 47.3 Å². The molecule has 0 aromatic rings. The van der Waals surface area contributed by atoms with Crippen LogP contribution in [0.5, 0.6) is 0 Å². The molecule has 0 radical (unpaired) electrons. The number of nitrogens with zero attached hydrogens (tertiary/aromatic N) is 3. The average Bonchev–Trinajstić information content (AvgIpc) is 2.54. The largest absolute Gasteiger partial charge is 0.336 e. The molecule has 0 aromatic heterocycles. The van der Waals surface area contributed by atoms with Gasteiger partial charge in [0.25, 0.3) is 0 Å². The summed E-state index contributed by atoms with van der Waals surface area (Å²) in [6.45, 7) is 5.15. The van der Waals surface area contributed by atoms with Gasteiger partial charge in [0.05, 0.1) is 6.07 Å². The van der Waals surface area contributed by atoms with Gasteiger partial charge >= 0.3 is 0 Å². The van der Waals surface area contributed by atoms with Crippen LogP contribution in [0.3, 0.4) is 0 Å². The second-order valence-corrected chi connectivity index (χ2v) is 7.21. The average molecular weight is 289 g/mol. The van der Waals surface area contributed by atoms with Crippen molar-refractivity contribution in [3.8, 4) is 6.07 Å². The van der Waals surface area contributed by atoms with Crippen LogP contribution in [0.1, 0.15) is 58.3 Å². The fraction of sp³-hybridized carbons (Fsp3) is 0.882. The van der Waals surface area contributed by atoms with Crippen LogP contribution in [0.4, 0.5) is 0 Å². The molecule has 3 fully saturated rings. The zero-order valence-corrected chi connectivity index (χ0v) is 13.2. The van der Waals surface area contributed by atoms with Crippen LogP contribution in [0.25, 0.3) is 0 Å². The Morgan fingerprint density at radius 1 is 1.14 bits per heavy atom. The van der Waals surface area contributed by atoms with Crippen LogP contribution in [0, 0.1) is 16.7 Å². The van der Waals surface area contributed by atoms with Gasteiger partial charge in [-0.3, -0.25) is 9.69 Å². The molecule has 4 heteroatoms. The van der Waals surface area contributed by atoms with Gasteiger partial charge in [0.1, 0.15) is 5.41 Å². The summed E-state index contributed by atoms with van der Waals surface area (Å²) in [6, 6.07) is 3.18. The van der Waals surface area contributed by atoms with Crippen LogP contribution >= 0.6 is 0 Å². The molecule has 0 N–H and O–H groups in total. The molecule has 1 aliphatic carbocycles. The molecule has 2 aliphatic heterocycles. The number of fused-ring (bicyclic) bond motifs is 1. The Morgan fingerprint density at radius 2 is 1.90 bits per heavy atom. The monoisotopic (exact) mass is 289 g/mol. The maximum Gasteiger partial charge on any atom is 0.243 e. The van der Waals surface area contributed by atoms with Gasteiger partial charge in [-0.25, -0.2) is 0 Å². The molecule has 3 aliphatic rings. The van der Waals surface area contributed by atoms with Crippen LogP contribution in [-0.2, 0) is 4.79 Å². The molecule has 1 saturated carbocycles. The predicted octanol–water partition coefficient (Wildman–Crippen LogP) is 2.55. The van der Waals surface area contributed by atoms with Gasteiger partial charge < -0.3 is 4.90 Å². The first-order chi connectivity index (χ1) is 10.2. The first-order valence-corrected chi connectivity index (χ1v) is 8.63. The molecular weight excluding hydrogens is 262 g/mol. The van der Waals surface area contributed by atoms with E-state index in [1.807, 2.05) is 4.90 Å². The first-order valence-electron chi connectivity index (χ1n) is 8.63. The molecule has 1 amide bonds. The minimum Gasteiger partial charge on any atom is -0.336 e. The second kappa shape index (κ2) is 5.96. The summed E-state index contributed by atoms with van der Waals surface area (Å²) in [5, 5.41) is 9.65. The van der Waals surface area contributed by atoms with Crippen molar-refractivity contribution >= 4 is 5.91 Å². The molecule has 3 rings (SSSR count). The Bertz CT molecular complexity index is 436. The number of carbonyl (C=O) groups excluding carboxylic acids is 1. The van der Waals surface area contributed by atoms with Crippen LogP contribution < -0.4 is 0 Å². The first kappa shape index (κ1) is 14.8. The fourth-order valence-corrected chi connectivity index (χ4v) is 4.44. The Labute approximate surface area is 128 Å². The Kier molecular flexibility index (Phi) is 4.21. The van der Waals surface area contributed by atoms with E-state index in [4.69, 9.17) is 0 Å². The maximum absolute atomic E-state index is 13.1. The highest BCUT2D eigenvalue weighted by molar-refractivity contribution is 5.86. The van der Waals surface area contributed by atoms with Crippen LogP contribution in [-0.4, -0.2) is 47.4 Å². The minimum absolute atomic E-state index is 0.127. The van der Waals surface area contributed by atoms with Crippen molar-refractivity contribution < 1.29 is 4.79 Å². The number of hydrogen-bond acceptors (Lipinski definition) is 3. The van der Waals surface area contributed by atoms with Gasteiger partial charge in [-0.15, -0.1) is 0 Å². The van der Waals surface area contributed by atoms with E-state index in [0.717, 1.165) is 38.8 Å². The molecule has 2 unspecified atom stereocenters. The quantitative estimate of drug-likeness (QED) is 0.745. The Hall–Kier alpha value is -1.08. The molecule has 0 spiro atoms. The van der Waals surface area contributed by atoms with E-state index < -0.39 is 5.41 Å². The lowest BCUT2D eigenvalue weighted by molar-refractivity contribution is -0.147. The van der Waals surface area contributed by atoms with Crippen molar-refractivity contribution in [3.05, 3.63) is 0 Å². The van der Waals surface area contributed by atoms with Crippen molar-refractivity contribution in [3.63, 3.8) is 0 Å². The third-order valence-electron chi connectivity index (χ3n) is 5.78. The van der Waals surface area contributed by atoms with Crippen molar-refractivity contribution in [2.45, 2.75) is 70.4 Å². The van der Waals surface area contributed by atoms with Crippen molar-refractivity contribution in [2.75, 3.05) is 19.6 Å².